The Morgan fingerprint density at radius 2 is 1.97 bits per heavy atom. The number of fused-ring (bicyclic) bond motifs is 1. The van der Waals surface area contributed by atoms with Crippen molar-refractivity contribution in [3.05, 3.63) is 68.2 Å². The zero-order valence-electron chi connectivity index (χ0n) is 16.5. The van der Waals surface area contributed by atoms with Crippen molar-refractivity contribution in [3.8, 4) is 6.07 Å². The third kappa shape index (κ3) is 3.76. The van der Waals surface area contributed by atoms with E-state index in [1.807, 2.05) is 6.07 Å². The molecule has 1 aromatic carbocycles. The molecule has 4 rings (SSSR count). The van der Waals surface area contributed by atoms with Gasteiger partial charge >= 0.3 is 0 Å². The Morgan fingerprint density at radius 1 is 1.23 bits per heavy atom. The lowest BCUT2D eigenvalue weighted by atomic mass is 9.95. The van der Waals surface area contributed by atoms with E-state index < -0.39 is 11.7 Å². The van der Waals surface area contributed by atoms with E-state index in [4.69, 9.17) is 0 Å². The van der Waals surface area contributed by atoms with Gasteiger partial charge in [-0.05, 0) is 37.5 Å². The molecule has 1 aromatic heterocycles. The molecular formula is C22H17N3O4S2. The molecule has 0 saturated carbocycles. The van der Waals surface area contributed by atoms with Crippen LogP contribution in [0, 0.1) is 11.3 Å². The molecule has 31 heavy (non-hydrogen) atoms. The van der Waals surface area contributed by atoms with Crippen LogP contribution < -0.4 is 10.2 Å². The topological polar surface area (TPSA) is 110 Å². The third-order valence-electron chi connectivity index (χ3n) is 4.95. The summed E-state index contributed by atoms with van der Waals surface area (Å²) in [5.41, 5.74) is 1.39. The Kier molecular flexibility index (Phi) is 5.67. The van der Waals surface area contributed by atoms with Crippen molar-refractivity contribution < 1.29 is 19.5 Å². The summed E-state index contributed by atoms with van der Waals surface area (Å²) in [4.78, 5) is 39.8. The molecule has 9 heteroatoms. The number of nitrogens with zero attached hydrogens (tertiary/aromatic N) is 2. The standard InChI is InChI=1S/C22H17N3O4S2/c1-12(26)18(22-25(17(28)11-30-22)13-6-3-2-4-7-13)20(29)24-21-15(10-23)14-8-5-9-16(27)19(14)31-21/h2-4,6-7,11,28H,5,8-9H2,1H3,(H,24,29)/b22-18+. The highest BCUT2D eigenvalue weighted by Crippen LogP contribution is 2.41. The smallest absolute Gasteiger partial charge is 0.262 e. The van der Waals surface area contributed by atoms with E-state index in [1.54, 1.807) is 24.3 Å². The van der Waals surface area contributed by atoms with Gasteiger partial charge in [0.15, 0.2) is 11.6 Å². The Morgan fingerprint density at radius 3 is 2.65 bits per heavy atom. The lowest BCUT2D eigenvalue weighted by Gasteiger charge is -2.21. The number of thioether (sulfide) groups is 1. The first-order chi connectivity index (χ1) is 14.9. The Bertz CT molecular complexity index is 1210. The first-order valence-electron chi connectivity index (χ1n) is 9.48. The minimum absolute atomic E-state index is 0.0379. The van der Waals surface area contributed by atoms with Gasteiger partial charge in [-0.25, -0.2) is 0 Å². The summed E-state index contributed by atoms with van der Waals surface area (Å²) in [5, 5.41) is 24.6. The number of nitriles is 1. The second-order valence-corrected chi connectivity index (χ2v) is 8.84. The Hall–Kier alpha value is -3.35. The molecule has 7 nitrogen and oxygen atoms in total. The molecule has 2 heterocycles. The van der Waals surface area contributed by atoms with Gasteiger partial charge in [0.2, 0.25) is 5.88 Å². The predicted octanol–water partition coefficient (Wildman–Crippen LogP) is 4.49. The summed E-state index contributed by atoms with van der Waals surface area (Å²) in [6, 6.07) is 11.0. The van der Waals surface area contributed by atoms with Gasteiger partial charge < -0.3 is 10.4 Å². The summed E-state index contributed by atoms with van der Waals surface area (Å²) in [5.74, 6) is -1.32. The number of para-hydroxylation sites is 1. The number of Topliss-reactive ketones (excluding diaryl/α,β-unsaturated/α-hetero) is 2. The lowest BCUT2D eigenvalue weighted by molar-refractivity contribution is -0.118. The number of rotatable bonds is 4. The highest BCUT2D eigenvalue weighted by Gasteiger charge is 2.33. The summed E-state index contributed by atoms with van der Waals surface area (Å²) >= 11 is 2.13. The Balaban J connectivity index is 1.74. The number of nitrogens with one attached hydrogen (secondary N) is 1. The summed E-state index contributed by atoms with van der Waals surface area (Å²) < 4.78 is 0. The average molecular weight is 452 g/mol. The molecule has 0 radical (unpaired) electrons. The average Bonchev–Trinajstić information content (AvgIpc) is 3.29. The van der Waals surface area contributed by atoms with Crippen molar-refractivity contribution >= 4 is 51.3 Å². The molecule has 156 valence electrons. The van der Waals surface area contributed by atoms with Crippen LogP contribution in [0.2, 0.25) is 0 Å². The molecule has 0 atom stereocenters. The van der Waals surface area contributed by atoms with Crippen molar-refractivity contribution in [1.82, 2.24) is 0 Å². The predicted molar refractivity (Wildman–Crippen MR) is 120 cm³/mol. The van der Waals surface area contributed by atoms with Crippen LogP contribution in [0.5, 0.6) is 0 Å². The quantitative estimate of drug-likeness (QED) is 0.400. The molecule has 2 aromatic rings. The van der Waals surface area contributed by atoms with E-state index in [2.05, 4.69) is 11.4 Å². The van der Waals surface area contributed by atoms with Gasteiger partial charge in [0, 0.05) is 17.5 Å². The van der Waals surface area contributed by atoms with Crippen LogP contribution in [0.3, 0.4) is 0 Å². The molecule has 0 bridgehead atoms. The summed E-state index contributed by atoms with van der Waals surface area (Å²) in [7, 11) is 0. The van der Waals surface area contributed by atoms with Crippen molar-refractivity contribution in [2.75, 3.05) is 10.2 Å². The largest absolute Gasteiger partial charge is 0.494 e. The Labute approximate surface area is 186 Å². The molecule has 2 aliphatic rings. The van der Waals surface area contributed by atoms with Crippen LogP contribution in [0.4, 0.5) is 10.7 Å². The molecule has 0 fully saturated rings. The zero-order chi connectivity index (χ0) is 22.1. The number of benzene rings is 1. The molecule has 1 aliphatic heterocycles. The van der Waals surface area contributed by atoms with E-state index >= 15 is 0 Å². The second kappa shape index (κ2) is 8.41. The van der Waals surface area contributed by atoms with Crippen LogP contribution in [-0.2, 0) is 16.0 Å². The second-order valence-electron chi connectivity index (χ2n) is 6.96. The number of anilines is 2. The molecule has 1 amide bonds. The van der Waals surface area contributed by atoms with Gasteiger partial charge in [0.1, 0.15) is 21.7 Å². The number of thiophene rings is 1. The van der Waals surface area contributed by atoms with Crippen LogP contribution in [0.15, 0.2) is 52.2 Å². The number of hydrogen-bond donors (Lipinski definition) is 2. The van der Waals surface area contributed by atoms with Gasteiger partial charge in [0.25, 0.3) is 5.91 Å². The summed E-state index contributed by atoms with van der Waals surface area (Å²) in [6.07, 6.45) is 1.69. The van der Waals surface area contributed by atoms with Crippen molar-refractivity contribution in [1.29, 1.82) is 5.26 Å². The number of carbonyl (C=O) groups excluding carboxylic acids is 3. The number of ketones is 2. The fourth-order valence-corrected chi connectivity index (χ4v) is 5.71. The van der Waals surface area contributed by atoms with E-state index in [-0.39, 0.29) is 32.8 Å². The highest BCUT2D eigenvalue weighted by molar-refractivity contribution is 8.06. The van der Waals surface area contributed by atoms with Crippen LogP contribution in [0.1, 0.15) is 40.6 Å². The van der Waals surface area contributed by atoms with Gasteiger partial charge in [-0.3, -0.25) is 19.3 Å². The van der Waals surface area contributed by atoms with Gasteiger partial charge in [-0.1, -0.05) is 30.0 Å². The van der Waals surface area contributed by atoms with Crippen LogP contribution >= 0.6 is 23.1 Å². The maximum atomic E-state index is 13.2. The SMILES string of the molecule is CC(=O)/C(C(=O)Nc1sc2c(c1C#N)CCCC2=O)=C1\SC=C(O)N1c1ccccc1. The number of aliphatic hydroxyl groups excluding tert-OH is 1. The molecule has 2 N–H and O–H groups in total. The molecular weight excluding hydrogens is 434 g/mol. The molecule has 0 spiro atoms. The number of amides is 1. The van der Waals surface area contributed by atoms with E-state index in [9.17, 15) is 24.8 Å². The lowest BCUT2D eigenvalue weighted by Crippen LogP contribution is -2.26. The monoisotopic (exact) mass is 451 g/mol. The van der Waals surface area contributed by atoms with Crippen molar-refractivity contribution in [2.24, 2.45) is 0 Å². The van der Waals surface area contributed by atoms with E-state index in [0.717, 1.165) is 23.1 Å². The first-order valence-corrected chi connectivity index (χ1v) is 11.2. The molecule has 0 unspecified atom stereocenters. The van der Waals surface area contributed by atoms with Gasteiger partial charge in [-0.15, -0.1) is 11.3 Å². The van der Waals surface area contributed by atoms with Crippen molar-refractivity contribution in [2.45, 2.75) is 26.2 Å². The highest BCUT2D eigenvalue weighted by atomic mass is 32.2. The minimum Gasteiger partial charge on any atom is -0.494 e. The fraction of sp³-hybridized carbons (Fsp3) is 0.182. The van der Waals surface area contributed by atoms with Crippen LogP contribution in [0.25, 0.3) is 0 Å². The number of hydrogen-bond acceptors (Lipinski definition) is 8. The maximum absolute atomic E-state index is 13.2. The van der Waals surface area contributed by atoms with Gasteiger partial charge in [-0.2, -0.15) is 5.26 Å². The fourth-order valence-electron chi connectivity index (χ4n) is 3.56. The minimum atomic E-state index is -0.693. The first kappa shape index (κ1) is 20.9. The number of aliphatic hydroxyl groups is 1. The third-order valence-corrected chi connectivity index (χ3v) is 7.07. The zero-order valence-corrected chi connectivity index (χ0v) is 18.1. The van der Waals surface area contributed by atoms with E-state index in [1.165, 1.54) is 17.2 Å². The molecule has 0 saturated heterocycles. The van der Waals surface area contributed by atoms with E-state index in [0.29, 0.717) is 35.4 Å². The van der Waals surface area contributed by atoms with Crippen molar-refractivity contribution in [3.63, 3.8) is 0 Å². The summed E-state index contributed by atoms with van der Waals surface area (Å²) in [6.45, 7) is 1.27. The maximum Gasteiger partial charge on any atom is 0.262 e. The normalized spacial score (nSPS) is 17.0. The van der Waals surface area contributed by atoms with Crippen LogP contribution in [-0.4, -0.2) is 22.6 Å². The number of carbonyl (C=O) groups is 3. The van der Waals surface area contributed by atoms with Gasteiger partial charge in [0.05, 0.1) is 10.4 Å². The molecule has 1 aliphatic carbocycles.